The molecule has 1 aliphatic heterocycles. The molecule has 3 heterocycles. The molecule has 2 aromatic heterocycles. The second kappa shape index (κ2) is 7.83. The fraction of sp³-hybridized carbons (Fsp3) is 0.409. The van der Waals surface area contributed by atoms with Crippen molar-refractivity contribution < 1.29 is 13.9 Å². The van der Waals surface area contributed by atoms with E-state index in [-0.39, 0.29) is 24.0 Å². The zero-order valence-electron chi connectivity index (χ0n) is 17.2. The highest BCUT2D eigenvalue weighted by atomic mass is 16.5. The quantitative estimate of drug-likeness (QED) is 0.714. The van der Waals surface area contributed by atoms with Crippen molar-refractivity contribution in [3.63, 3.8) is 0 Å². The van der Waals surface area contributed by atoms with E-state index < -0.39 is 0 Å². The van der Waals surface area contributed by atoms with Crippen molar-refractivity contribution in [1.29, 1.82) is 0 Å². The Bertz CT molecular complexity index is 1000. The van der Waals surface area contributed by atoms with Crippen LogP contribution in [0.3, 0.4) is 0 Å². The fourth-order valence-electron chi connectivity index (χ4n) is 3.55. The molecule has 1 N–H and O–H groups in total. The molecule has 1 aliphatic rings. The number of carbonyl (C=O) groups excluding carboxylic acids is 1. The van der Waals surface area contributed by atoms with Gasteiger partial charge in [-0.05, 0) is 44.2 Å². The molecule has 7 nitrogen and oxygen atoms in total. The molecule has 1 fully saturated rings. The summed E-state index contributed by atoms with van der Waals surface area (Å²) >= 11 is 0. The zero-order valence-corrected chi connectivity index (χ0v) is 17.2. The van der Waals surface area contributed by atoms with Gasteiger partial charge in [0.1, 0.15) is 11.3 Å². The average Bonchev–Trinajstić information content (AvgIpc) is 3.11. The Hall–Kier alpha value is -2.93. The number of hydrogen-bond donors (Lipinski definition) is 1. The molecule has 4 rings (SSSR count). The molecule has 3 aromatic rings. The molecule has 0 spiro atoms. The van der Waals surface area contributed by atoms with E-state index in [1.165, 1.54) is 0 Å². The minimum Gasteiger partial charge on any atom is -0.440 e. The Labute approximate surface area is 170 Å². The molecule has 2 unspecified atom stereocenters. The van der Waals surface area contributed by atoms with E-state index in [2.05, 4.69) is 34.0 Å². The van der Waals surface area contributed by atoms with E-state index in [0.717, 1.165) is 24.4 Å². The first-order valence-electron chi connectivity index (χ1n) is 9.97. The number of morpholine rings is 1. The van der Waals surface area contributed by atoms with Gasteiger partial charge in [0, 0.05) is 30.9 Å². The van der Waals surface area contributed by atoms with E-state index >= 15 is 0 Å². The molecular formula is C22H26N4O3. The van der Waals surface area contributed by atoms with Gasteiger partial charge in [-0.3, -0.25) is 4.79 Å². The number of rotatable bonds is 4. The molecule has 29 heavy (non-hydrogen) atoms. The third-order valence-electron chi connectivity index (χ3n) is 4.91. The Morgan fingerprint density at radius 1 is 1.17 bits per heavy atom. The first-order chi connectivity index (χ1) is 13.9. The monoisotopic (exact) mass is 394 g/mol. The SMILES string of the molecule is CC1CN(c2ccc(C(=O)Nc3ccc4oc(C(C)C)nc4c3)cn2)CC(C)O1. The molecule has 7 heteroatoms. The summed E-state index contributed by atoms with van der Waals surface area (Å²) in [5, 5.41) is 2.91. The van der Waals surface area contributed by atoms with Crippen LogP contribution in [0.2, 0.25) is 0 Å². The van der Waals surface area contributed by atoms with Crippen molar-refractivity contribution in [3.05, 3.63) is 48.0 Å². The lowest BCUT2D eigenvalue weighted by molar-refractivity contribution is -0.00546. The number of pyridine rings is 1. The first-order valence-corrected chi connectivity index (χ1v) is 9.97. The number of nitrogens with one attached hydrogen (secondary N) is 1. The minimum absolute atomic E-state index is 0.159. The Balaban J connectivity index is 1.46. The van der Waals surface area contributed by atoms with Crippen molar-refractivity contribution in [2.45, 2.75) is 45.8 Å². The predicted octanol–water partition coefficient (Wildman–Crippen LogP) is 4.21. The number of aromatic nitrogens is 2. The summed E-state index contributed by atoms with van der Waals surface area (Å²) in [7, 11) is 0. The summed E-state index contributed by atoms with van der Waals surface area (Å²) < 4.78 is 11.5. The molecule has 1 aromatic carbocycles. The summed E-state index contributed by atoms with van der Waals surface area (Å²) in [6, 6.07) is 9.14. The molecule has 0 bridgehead atoms. The normalized spacial score (nSPS) is 19.7. The van der Waals surface area contributed by atoms with Gasteiger partial charge in [-0.15, -0.1) is 0 Å². The van der Waals surface area contributed by atoms with Crippen LogP contribution in [-0.2, 0) is 4.74 Å². The van der Waals surface area contributed by atoms with Crippen LogP contribution in [-0.4, -0.2) is 41.2 Å². The Kier molecular flexibility index (Phi) is 5.24. The van der Waals surface area contributed by atoms with Gasteiger partial charge >= 0.3 is 0 Å². The molecule has 1 saturated heterocycles. The van der Waals surface area contributed by atoms with E-state index in [0.29, 0.717) is 22.7 Å². The molecule has 1 amide bonds. The number of benzene rings is 1. The fourth-order valence-corrected chi connectivity index (χ4v) is 3.55. The first kappa shape index (κ1) is 19.4. The van der Waals surface area contributed by atoms with Crippen LogP contribution in [0, 0.1) is 0 Å². The lowest BCUT2D eigenvalue weighted by Crippen LogP contribution is -2.45. The van der Waals surface area contributed by atoms with Gasteiger partial charge in [-0.1, -0.05) is 13.8 Å². The number of hydrogen-bond acceptors (Lipinski definition) is 6. The Morgan fingerprint density at radius 3 is 2.59 bits per heavy atom. The third-order valence-corrected chi connectivity index (χ3v) is 4.91. The minimum atomic E-state index is -0.209. The zero-order chi connectivity index (χ0) is 20.5. The summed E-state index contributed by atoms with van der Waals surface area (Å²) in [5.74, 6) is 1.55. The van der Waals surface area contributed by atoms with Gasteiger partial charge in [0.05, 0.1) is 17.8 Å². The number of amides is 1. The highest BCUT2D eigenvalue weighted by Gasteiger charge is 2.23. The summed E-state index contributed by atoms with van der Waals surface area (Å²) in [4.78, 5) is 23.8. The maximum Gasteiger partial charge on any atom is 0.257 e. The van der Waals surface area contributed by atoms with Crippen molar-refractivity contribution in [2.24, 2.45) is 0 Å². The van der Waals surface area contributed by atoms with Gasteiger partial charge in [-0.2, -0.15) is 0 Å². The van der Waals surface area contributed by atoms with Crippen LogP contribution >= 0.6 is 0 Å². The number of fused-ring (bicyclic) bond motifs is 1. The lowest BCUT2D eigenvalue weighted by Gasteiger charge is -2.36. The van der Waals surface area contributed by atoms with Crippen molar-refractivity contribution in [2.75, 3.05) is 23.3 Å². The highest BCUT2D eigenvalue weighted by Crippen LogP contribution is 2.24. The molecule has 0 saturated carbocycles. The molecule has 152 valence electrons. The maximum absolute atomic E-state index is 12.6. The van der Waals surface area contributed by atoms with E-state index in [4.69, 9.17) is 9.15 Å². The average molecular weight is 394 g/mol. The maximum atomic E-state index is 12.6. The van der Waals surface area contributed by atoms with Crippen LogP contribution in [0.5, 0.6) is 0 Å². The molecule has 2 atom stereocenters. The standard InChI is InChI=1S/C22H26N4O3/c1-13(2)22-25-18-9-17(6-7-19(18)29-22)24-21(27)16-5-8-20(23-10-16)26-11-14(3)28-15(4)12-26/h5-10,13-15H,11-12H2,1-4H3,(H,24,27). The third kappa shape index (κ3) is 4.24. The van der Waals surface area contributed by atoms with Crippen LogP contribution in [0.1, 0.15) is 49.9 Å². The van der Waals surface area contributed by atoms with Crippen molar-refractivity contribution in [3.8, 4) is 0 Å². The second-order valence-electron chi connectivity index (χ2n) is 7.91. The number of carbonyl (C=O) groups is 1. The predicted molar refractivity (Wildman–Crippen MR) is 113 cm³/mol. The molecule has 0 radical (unpaired) electrons. The van der Waals surface area contributed by atoms with Crippen molar-refractivity contribution in [1.82, 2.24) is 9.97 Å². The van der Waals surface area contributed by atoms with Crippen LogP contribution in [0.25, 0.3) is 11.1 Å². The van der Waals surface area contributed by atoms with Crippen LogP contribution < -0.4 is 10.2 Å². The summed E-state index contributed by atoms with van der Waals surface area (Å²) in [6.45, 7) is 9.75. The topological polar surface area (TPSA) is 80.5 Å². The van der Waals surface area contributed by atoms with Gasteiger partial charge in [0.25, 0.3) is 5.91 Å². The van der Waals surface area contributed by atoms with E-state index in [1.54, 1.807) is 12.3 Å². The smallest absolute Gasteiger partial charge is 0.257 e. The molecule has 0 aliphatic carbocycles. The van der Waals surface area contributed by atoms with E-state index in [9.17, 15) is 4.79 Å². The summed E-state index contributed by atoms with van der Waals surface area (Å²) in [6.07, 6.45) is 1.93. The number of oxazole rings is 1. The van der Waals surface area contributed by atoms with Gasteiger partial charge in [0.2, 0.25) is 0 Å². The van der Waals surface area contributed by atoms with Crippen LogP contribution in [0.15, 0.2) is 40.9 Å². The van der Waals surface area contributed by atoms with Gasteiger partial charge in [-0.25, -0.2) is 9.97 Å². The van der Waals surface area contributed by atoms with Crippen LogP contribution in [0.4, 0.5) is 11.5 Å². The second-order valence-corrected chi connectivity index (χ2v) is 7.91. The van der Waals surface area contributed by atoms with E-state index in [1.807, 2.05) is 38.1 Å². The number of nitrogens with zero attached hydrogens (tertiary/aromatic N) is 3. The molecular weight excluding hydrogens is 368 g/mol. The number of ether oxygens (including phenoxy) is 1. The van der Waals surface area contributed by atoms with Gasteiger partial charge < -0.3 is 19.4 Å². The Morgan fingerprint density at radius 2 is 1.93 bits per heavy atom. The van der Waals surface area contributed by atoms with Gasteiger partial charge in [0.15, 0.2) is 11.5 Å². The number of anilines is 2. The highest BCUT2D eigenvalue weighted by molar-refractivity contribution is 6.04. The lowest BCUT2D eigenvalue weighted by atomic mass is 10.2. The van der Waals surface area contributed by atoms with Crippen molar-refractivity contribution >= 4 is 28.5 Å². The summed E-state index contributed by atoms with van der Waals surface area (Å²) in [5.41, 5.74) is 2.62. The largest absolute Gasteiger partial charge is 0.440 e.